The zero-order valence-electron chi connectivity index (χ0n) is 15.4. The summed E-state index contributed by atoms with van der Waals surface area (Å²) in [4.78, 5) is 28.6. The van der Waals surface area contributed by atoms with Gasteiger partial charge in [0.05, 0.1) is 10.0 Å². The van der Waals surface area contributed by atoms with Crippen molar-refractivity contribution in [2.75, 3.05) is 18.0 Å². The van der Waals surface area contributed by atoms with Gasteiger partial charge in [0.15, 0.2) is 0 Å². The predicted molar refractivity (Wildman–Crippen MR) is 105 cm³/mol. The Morgan fingerprint density at radius 2 is 1.93 bits per heavy atom. The summed E-state index contributed by atoms with van der Waals surface area (Å²) in [5.74, 6) is -1.46. The van der Waals surface area contributed by atoms with E-state index in [0.717, 1.165) is 0 Å². The Balaban J connectivity index is 1.66. The number of nitrogens with one attached hydrogen (secondary N) is 2. The average molecular weight is 427 g/mol. The smallest absolute Gasteiger partial charge is 0.342 e. The first-order valence-corrected chi connectivity index (χ1v) is 9.51. The Morgan fingerprint density at radius 3 is 2.46 bits per heavy atom. The minimum atomic E-state index is -1.14. The number of aromatic amines is 1. The van der Waals surface area contributed by atoms with Crippen LogP contribution in [0.3, 0.4) is 0 Å². The van der Waals surface area contributed by atoms with Crippen molar-refractivity contribution in [2.45, 2.75) is 32.7 Å². The van der Waals surface area contributed by atoms with Crippen LogP contribution in [-0.2, 0) is 0 Å². The molecule has 2 aromatic heterocycles. The van der Waals surface area contributed by atoms with Crippen molar-refractivity contribution in [1.82, 2.24) is 10.3 Å². The first-order chi connectivity index (χ1) is 13.2. The lowest BCUT2D eigenvalue weighted by Gasteiger charge is -2.33. The summed E-state index contributed by atoms with van der Waals surface area (Å²) in [6.07, 6.45) is 2.67. The number of amides is 1. The van der Waals surface area contributed by atoms with Crippen LogP contribution in [0.25, 0.3) is 0 Å². The summed E-state index contributed by atoms with van der Waals surface area (Å²) in [5, 5.41) is 24.7. The Morgan fingerprint density at radius 1 is 1.29 bits per heavy atom. The van der Waals surface area contributed by atoms with E-state index in [1.165, 1.54) is 19.2 Å². The molecule has 0 atom stereocenters. The van der Waals surface area contributed by atoms with Gasteiger partial charge in [0.2, 0.25) is 11.9 Å². The molecular formula is C18H20Cl2N4O4. The van der Waals surface area contributed by atoms with Gasteiger partial charge < -0.3 is 25.5 Å². The van der Waals surface area contributed by atoms with Crippen molar-refractivity contribution >= 4 is 40.8 Å². The molecule has 1 amide bonds. The van der Waals surface area contributed by atoms with Crippen LogP contribution in [0.1, 0.15) is 45.1 Å². The van der Waals surface area contributed by atoms with Crippen LogP contribution in [0.5, 0.6) is 0 Å². The first kappa shape index (κ1) is 20.3. The highest BCUT2D eigenvalue weighted by atomic mass is 35.5. The van der Waals surface area contributed by atoms with Gasteiger partial charge in [-0.15, -0.1) is 0 Å². The third-order valence-corrected chi connectivity index (χ3v) is 5.92. The van der Waals surface area contributed by atoms with Crippen molar-refractivity contribution in [3.63, 3.8) is 0 Å². The van der Waals surface area contributed by atoms with E-state index in [0.29, 0.717) is 47.1 Å². The maximum absolute atomic E-state index is 12.4. The molecule has 2 aromatic rings. The number of hydrogen-bond acceptors (Lipinski definition) is 4. The van der Waals surface area contributed by atoms with Crippen LogP contribution >= 0.6 is 23.2 Å². The van der Waals surface area contributed by atoms with Gasteiger partial charge in [0, 0.05) is 31.7 Å². The van der Waals surface area contributed by atoms with Crippen LogP contribution in [0, 0.1) is 19.1 Å². The lowest BCUT2D eigenvalue weighted by atomic mass is 10.0. The number of nitrogens with zero attached hydrogens (tertiary/aromatic N) is 2. The molecule has 28 heavy (non-hydrogen) atoms. The minimum absolute atomic E-state index is 0.0171. The molecule has 1 aliphatic heterocycles. The molecule has 3 rings (SSSR count). The largest absolute Gasteiger partial charge is 0.618 e. The normalized spacial score (nSPS) is 14.9. The van der Waals surface area contributed by atoms with Gasteiger partial charge in [-0.1, -0.05) is 23.2 Å². The quantitative estimate of drug-likeness (QED) is 0.513. The third-order valence-electron chi connectivity index (χ3n) is 4.97. The van der Waals surface area contributed by atoms with E-state index in [1.807, 2.05) is 4.90 Å². The molecule has 0 aromatic carbocycles. The molecule has 8 nitrogen and oxygen atoms in total. The summed E-state index contributed by atoms with van der Waals surface area (Å²) in [6.45, 7) is 4.36. The molecule has 0 aliphatic carbocycles. The Kier molecular flexibility index (Phi) is 5.71. The molecule has 10 heteroatoms. The second-order valence-corrected chi connectivity index (χ2v) is 7.57. The topological polar surface area (TPSA) is 112 Å². The van der Waals surface area contributed by atoms with Gasteiger partial charge in [-0.05, 0) is 25.8 Å². The standard InChI is InChI=1S/C18H20Cl2N4O4/c1-9-14(19)15(20)16(21-9)17(25)22-11-3-5-23(6-4-11)12-7-13(18(26)27)10(2)24(28)8-12/h7-8,11,21H,3-6H2,1-2H3,(H,22,25)(H,26,27). The van der Waals surface area contributed by atoms with Crippen LogP contribution in [0.4, 0.5) is 5.69 Å². The molecule has 0 bridgehead atoms. The molecule has 3 heterocycles. The number of rotatable bonds is 4. The van der Waals surface area contributed by atoms with E-state index in [9.17, 15) is 19.9 Å². The fourth-order valence-electron chi connectivity index (χ4n) is 3.28. The number of hydrogen-bond donors (Lipinski definition) is 3. The molecule has 1 fully saturated rings. The maximum Gasteiger partial charge on any atom is 0.342 e. The van der Waals surface area contributed by atoms with E-state index in [4.69, 9.17) is 23.2 Å². The average Bonchev–Trinajstić information content (AvgIpc) is 2.91. The Bertz CT molecular complexity index is 936. The van der Waals surface area contributed by atoms with E-state index in [2.05, 4.69) is 10.3 Å². The SMILES string of the molecule is Cc1[nH]c(C(=O)NC2CCN(c3cc(C(=O)O)c(C)[n+]([O-])c3)CC2)c(Cl)c1Cl. The molecule has 1 aliphatic rings. The third kappa shape index (κ3) is 3.88. The molecule has 0 radical (unpaired) electrons. The van der Waals surface area contributed by atoms with E-state index in [1.54, 1.807) is 6.92 Å². The highest BCUT2D eigenvalue weighted by Crippen LogP contribution is 2.29. The van der Waals surface area contributed by atoms with Crippen LogP contribution in [-0.4, -0.2) is 41.1 Å². The van der Waals surface area contributed by atoms with Gasteiger partial charge in [0.25, 0.3) is 5.91 Å². The summed E-state index contributed by atoms with van der Waals surface area (Å²) < 4.78 is 0.575. The molecule has 1 saturated heterocycles. The first-order valence-electron chi connectivity index (χ1n) is 8.75. The van der Waals surface area contributed by atoms with E-state index in [-0.39, 0.29) is 33.9 Å². The molecule has 0 saturated carbocycles. The molecule has 3 N–H and O–H groups in total. The van der Waals surface area contributed by atoms with Crippen molar-refractivity contribution in [3.8, 4) is 0 Å². The lowest BCUT2D eigenvalue weighted by molar-refractivity contribution is -0.611. The molecule has 0 unspecified atom stereocenters. The zero-order valence-corrected chi connectivity index (χ0v) is 16.9. The van der Waals surface area contributed by atoms with Gasteiger partial charge in [-0.3, -0.25) is 4.79 Å². The summed E-state index contributed by atoms with van der Waals surface area (Å²) in [6, 6.07) is 1.44. The number of aryl methyl sites for hydroxylation is 1. The fraction of sp³-hybridized carbons (Fsp3) is 0.389. The number of carbonyl (C=O) groups is 2. The summed E-state index contributed by atoms with van der Waals surface area (Å²) in [5.41, 5.74) is 1.55. The van der Waals surface area contributed by atoms with Crippen molar-refractivity contribution in [3.05, 3.63) is 50.2 Å². The summed E-state index contributed by atoms with van der Waals surface area (Å²) in [7, 11) is 0. The molecular weight excluding hydrogens is 407 g/mol. The number of aromatic carboxylic acids is 1. The Hall–Kier alpha value is -2.45. The summed E-state index contributed by atoms with van der Waals surface area (Å²) >= 11 is 12.1. The Labute approximate surface area is 171 Å². The van der Waals surface area contributed by atoms with Gasteiger partial charge in [0.1, 0.15) is 16.9 Å². The van der Waals surface area contributed by atoms with Gasteiger partial charge in [-0.25, -0.2) is 4.79 Å². The fourth-order valence-corrected chi connectivity index (χ4v) is 3.70. The monoisotopic (exact) mass is 426 g/mol. The number of halogens is 2. The van der Waals surface area contributed by atoms with Crippen molar-refractivity contribution in [2.24, 2.45) is 0 Å². The number of anilines is 1. The number of carboxylic acids is 1. The second-order valence-electron chi connectivity index (χ2n) is 6.82. The number of H-pyrrole nitrogens is 1. The second kappa shape index (κ2) is 7.89. The van der Waals surface area contributed by atoms with Crippen LogP contribution in [0.15, 0.2) is 12.3 Å². The van der Waals surface area contributed by atoms with Crippen LogP contribution in [0.2, 0.25) is 10.0 Å². The van der Waals surface area contributed by atoms with E-state index < -0.39 is 5.97 Å². The highest BCUT2D eigenvalue weighted by molar-refractivity contribution is 6.44. The minimum Gasteiger partial charge on any atom is -0.618 e. The number of pyridine rings is 1. The number of carbonyl (C=O) groups excluding carboxylic acids is 1. The number of aromatic nitrogens is 2. The van der Waals surface area contributed by atoms with Gasteiger partial charge in [-0.2, -0.15) is 4.73 Å². The van der Waals surface area contributed by atoms with Gasteiger partial charge >= 0.3 is 5.97 Å². The zero-order chi connectivity index (χ0) is 20.6. The highest BCUT2D eigenvalue weighted by Gasteiger charge is 2.26. The predicted octanol–water partition coefficient (Wildman–Crippen LogP) is 2.67. The lowest BCUT2D eigenvalue weighted by Crippen LogP contribution is -2.45. The maximum atomic E-state index is 12.4. The van der Waals surface area contributed by atoms with Crippen LogP contribution < -0.4 is 14.9 Å². The number of piperidine rings is 1. The molecule has 0 spiro atoms. The molecule has 150 valence electrons. The number of carboxylic acid groups (broad SMARTS) is 1. The van der Waals surface area contributed by atoms with Crippen molar-refractivity contribution < 1.29 is 19.4 Å². The van der Waals surface area contributed by atoms with Crippen molar-refractivity contribution in [1.29, 1.82) is 0 Å². The van der Waals surface area contributed by atoms with E-state index >= 15 is 0 Å².